The summed E-state index contributed by atoms with van der Waals surface area (Å²) in [6.07, 6.45) is 0. The highest BCUT2D eigenvalue weighted by Crippen LogP contribution is 2.23. The van der Waals surface area contributed by atoms with Gasteiger partial charge in [0.25, 0.3) is 0 Å². The van der Waals surface area contributed by atoms with Crippen molar-refractivity contribution in [1.82, 2.24) is 4.31 Å². The summed E-state index contributed by atoms with van der Waals surface area (Å²) in [4.78, 5) is 11.5. The lowest BCUT2D eigenvalue weighted by atomic mass is 10.2. The van der Waals surface area contributed by atoms with Gasteiger partial charge in [0.05, 0.1) is 25.2 Å². The molecule has 0 spiro atoms. The van der Waals surface area contributed by atoms with Crippen LogP contribution in [-0.4, -0.2) is 51.6 Å². The highest BCUT2D eigenvalue weighted by atomic mass is 32.2. The maximum absolute atomic E-state index is 13.6. The first kappa shape index (κ1) is 15.9. The molecule has 1 atom stereocenters. The molecule has 21 heavy (non-hydrogen) atoms. The summed E-state index contributed by atoms with van der Waals surface area (Å²) in [5, 5.41) is 0. The van der Waals surface area contributed by atoms with Gasteiger partial charge < -0.3 is 9.47 Å². The number of nitrogens with zero attached hydrogens (tertiary/aromatic N) is 1. The van der Waals surface area contributed by atoms with Crippen LogP contribution in [0.2, 0.25) is 0 Å². The van der Waals surface area contributed by atoms with E-state index in [0.29, 0.717) is 5.56 Å². The summed E-state index contributed by atoms with van der Waals surface area (Å²) < 4.78 is 49.5. The van der Waals surface area contributed by atoms with E-state index in [9.17, 15) is 17.6 Å². The summed E-state index contributed by atoms with van der Waals surface area (Å²) in [6, 6.07) is 2.60. The number of carbonyl (C=O) groups is 1. The van der Waals surface area contributed by atoms with E-state index in [2.05, 4.69) is 4.74 Å². The molecule has 0 N–H and O–H groups in total. The van der Waals surface area contributed by atoms with Crippen molar-refractivity contribution in [3.05, 3.63) is 29.6 Å². The van der Waals surface area contributed by atoms with Gasteiger partial charge in [0.2, 0.25) is 10.0 Å². The number of hydrogen-bond donors (Lipinski definition) is 0. The van der Waals surface area contributed by atoms with E-state index in [1.807, 2.05) is 0 Å². The molecular formula is C13H16FNO5S. The van der Waals surface area contributed by atoms with E-state index in [-0.39, 0.29) is 24.7 Å². The van der Waals surface area contributed by atoms with Crippen molar-refractivity contribution in [3.8, 4) is 0 Å². The van der Waals surface area contributed by atoms with Crippen molar-refractivity contribution >= 4 is 16.0 Å². The molecule has 0 radical (unpaired) electrons. The zero-order valence-corrected chi connectivity index (χ0v) is 12.5. The Hall–Kier alpha value is -1.51. The van der Waals surface area contributed by atoms with Gasteiger partial charge in [-0.15, -0.1) is 0 Å². The second kappa shape index (κ2) is 6.08. The molecule has 0 bridgehead atoms. The van der Waals surface area contributed by atoms with Gasteiger partial charge in [-0.1, -0.05) is 6.07 Å². The van der Waals surface area contributed by atoms with Crippen LogP contribution < -0.4 is 0 Å². The number of benzene rings is 1. The van der Waals surface area contributed by atoms with E-state index in [1.54, 1.807) is 0 Å². The number of halogens is 1. The molecule has 0 aliphatic carbocycles. The Labute approximate surface area is 122 Å². The Bertz CT molecular complexity index is 646. The van der Waals surface area contributed by atoms with E-state index >= 15 is 0 Å². The molecule has 1 aromatic carbocycles. The van der Waals surface area contributed by atoms with Gasteiger partial charge in [-0.2, -0.15) is 4.31 Å². The topological polar surface area (TPSA) is 72.9 Å². The SMILES string of the molecule is COC(=O)C1COCCN1S(=O)(=O)c1ccc(C)c(F)c1. The molecule has 6 nitrogen and oxygen atoms in total. The van der Waals surface area contributed by atoms with E-state index in [4.69, 9.17) is 4.74 Å². The number of rotatable bonds is 3. The average molecular weight is 317 g/mol. The Kier molecular flexibility index (Phi) is 4.60. The molecule has 1 saturated heterocycles. The number of morpholine rings is 1. The van der Waals surface area contributed by atoms with Crippen molar-refractivity contribution < 1.29 is 27.1 Å². The molecule has 1 aromatic rings. The van der Waals surface area contributed by atoms with Crippen molar-refractivity contribution in [2.45, 2.75) is 17.9 Å². The van der Waals surface area contributed by atoms with Crippen molar-refractivity contribution in [1.29, 1.82) is 0 Å². The van der Waals surface area contributed by atoms with Crippen LogP contribution in [0.5, 0.6) is 0 Å². The number of sulfonamides is 1. The Balaban J connectivity index is 2.40. The number of carbonyl (C=O) groups excluding carboxylic acids is 1. The molecule has 2 rings (SSSR count). The highest BCUT2D eigenvalue weighted by molar-refractivity contribution is 7.89. The summed E-state index contributed by atoms with van der Waals surface area (Å²) >= 11 is 0. The standard InChI is InChI=1S/C13H16FNO5S/c1-9-3-4-10(7-11(9)14)21(17,18)15-5-6-20-8-12(15)13(16)19-2/h3-4,7,12H,5-6,8H2,1-2H3. The number of methoxy groups -OCH3 is 1. The molecule has 1 fully saturated rings. The molecule has 0 saturated carbocycles. The van der Waals surface area contributed by atoms with Gasteiger partial charge in [0.1, 0.15) is 11.9 Å². The third-order valence-electron chi connectivity index (χ3n) is 3.30. The molecule has 1 aliphatic rings. The van der Waals surface area contributed by atoms with Crippen LogP contribution in [0.1, 0.15) is 5.56 Å². The minimum Gasteiger partial charge on any atom is -0.468 e. The first-order chi connectivity index (χ1) is 9.87. The lowest BCUT2D eigenvalue weighted by molar-refractivity contribution is -0.149. The maximum Gasteiger partial charge on any atom is 0.326 e. The smallest absolute Gasteiger partial charge is 0.326 e. The normalized spacial score (nSPS) is 20.2. The zero-order chi connectivity index (χ0) is 15.6. The number of ether oxygens (including phenoxy) is 2. The molecule has 0 aromatic heterocycles. The lowest BCUT2D eigenvalue weighted by Gasteiger charge is -2.32. The molecule has 116 valence electrons. The minimum absolute atomic E-state index is 0.0115. The monoisotopic (exact) mass is 317 g/mol. The van der Waals surface area contributed by atoms with Crippen molar-refractivity contribution in [3.63, 3.8) is 0 Å². The Morgan fingerprint density at radius 1 is 1.48 bits per heavy atom. The molecule has 1 heterocycles. The summed E-state index contributed by atoms with van der Waals surface area (Å²) in [6.45, 7) is 1.64. The van der Waals surface area contributed by atoms with Crippen LogP contribution in [0.15, 0.2) is 23.1 Å². The van der Waals surface area contributed by atoms with Gasteiger partial charge in [-0.25, -0.2) is 12.8 Å². The second-order valence-electron chi connectivity index (χ2n) is 4.64. The highest BCUT2D eigenvalue weighted by Gasteiger charge is 2.39. The van der Waals surface area contributed by atoms with Gasteiger partial charge in [0.15, 0.2) is 0 Å². The van der Waals surface area contributed by atoms with Gasteiger partial charge >= 0.3 is 5.97 Å². The summed E-state index contributed by atoms with van der Waals surface area (Å²) in [5.74, 6) is -1.31. The maximum atomic E-state index is 13.6. The molecule has 8 heteroatoms. The lowest BCUT2D eigenvalue weighted by Crippen LogP contribution is -2.52. The average Bonchev–Trinajstić information content (AvgIpc) is 2.49. The molecule has 0 amide bonds. The Morgan fingerprint density at radius 2 is 2.19 bits per heavy atom. The Morgan fingerprint density at radius 3 is 2.81 bits per heavy atom. The molecule has 1 unspecified atom stereocenters. The van der Waals surface area contributed by atoms with E-state index in [1.165, 1.54) is 26.2 Å². The zero-order valence-electron chi connectivity index (χ0n) is 11.7. The predicted octanol–water partition coefficient (Wildman–Crippen LogP) is 0.697. The van der Waals surface area contributed by atoms with E-state index in [0.717, 1.165) is 10.4 Å². The van der Waals surface area contributed by atoms with Crippen LogP contribution >= 0.6 is 0 Å². The van der Waals surface area contributed by atoms with Gasteiger partial charge in [-0.05, 0) is 24.6 Å². The minimum atomic E-state index is -3.99. The predicted molar refractivity (Wildman–Crippen MR) is 71.7 cm³/mol. The van der Waals surface area contributed by atoms with E-state index < -0.39 is 27.9 Å². The van der Waals surface area contributed by atoms with Crippen LogP contribution in [0.3, 0.4) is 0 Å². The quantitative estimate of drug-likeness (QED) is 0.767. The van der Waals surface area contributed by atoms with Crippen LogP contribution in [-0.2, 0) is 24.3 Å². The fourth-order valence-corrected chi connectivity index (χ4v) is 3.63. The van der Waals surface area contributed by atoms with Crippen LogP contribution in [0, 0.1) is 12.7 Å². The second-order valence-corrected chi connectivity index (χ2v) is 6.53. The fraction of sp³-hybridized carbons (Fsp3) is 0.462. The van der Waals surface area contributed by atoms with Crippen molar-refractivity contribution in [2.24, 2.45) is 0 Å². The van der Waals surface area contributed by atoms with Gasteiger partial charge in [-0.3, -0.25) is 4.79 Å². The number of esters is 1. The first-order valence-electron chi connectivity index (χ1n) is 6.31. The van der Waals surface area contributed by atoms with Gasteiger partial charge in [0, 0.05) is 6.54 Å². The fourth-order valence-electron chi connectivity index (χ4n) is 2.07. The molecule has 1 aliphatic heterocycles. The number of hydrogen-bond acceptors (Lipinski definition) is 5. The third-order valence-corrected chi connectivity index (χ3v) is 5.21. The summed E-state index contributed by atoms with van der Waals surface area (Å²) in [5.41, 5.74) is 0.348. The van der Waals surface area contributed by atoms with Crippen molar-refractivity contribution in [2.75, 3.05) is 26.9 Å². The largest absolute Gasteiger partial charge is 0.468 e. The van der Waals surface area contributed by atoms with Crippen LogP contribution in [0.4, 0.5) is 4.39 Å². The first-order valence-corrected chi connectivity index (χ1v) is 7.75. The van der Waals surface area contributed by atoms with Crippen LogP contribution in [0.25, 0.3) is 0 Å². The number of aryl methyl sites for hydroxylation is 1. The third kappa shape index (κ3) is 3.07. The molecular weight excluding hydrogens is 301 g/mol. The summed E-state index contributed by atoms with van der Waals surface area (Å²) in [7, 11) is -2.82.